The number of nitrogens with one attached hydrogen (secondary N) is 1. The molecule has 5 rings (SSSR count). The van der Waals surface area contributed by atoms with E-state index in [1.165, 1.54) is 22.7 Å². The number of aliphatic hydroxyl groups is 1. The Kier molecular flexibility index (Phi) is 7.07. The molecule has 2 aliphatic carbocycles. The Labute approximate surface area is 213 Å². The zero-order valence-corrected chi connectivity index (χ0v) is 21.3. The molecule has 2 saturated carbocycles. The standard InChI is InChI=1S/C27H30N2O4S2/c1-29(14-13-28-25(30)18-7-3-2-4-8-18)24-19-11-12-20(24)21(17-19)33-26(31)27(32,22-9-5-15-34-22)23-10-6-16-35-23/h2-10,15-16,19-21,24,32H,11-14,17H2,1H3,(H,28,30). The molecule has 4 atom stereocenters. The molecule has 0 radical (unpaired) electrons. The molecule has 2 heterocycles. The molecular formula is C27H30N2O4S2. The Balaban J connectivity index is 1.21. The van der Waals surface area contributed by atoms with Gasteiger partial charge in [-0.15, -0.1) is 22.7 Å². The maximum atomic E-state index is 13.4. The van der Waals surface area contributed by atoms with Crippen molar-refractivity contribution in [2.45, 2.75) is 37.0 Å². The van der Waals surface area contributed by atoms with Crippen molar-refractivity contribution in [2.75, 3.05) is 20.1 Å². The lowest BCUT2D eigenvalue weighted by Gasteiger charge is -2.31. The fraction of sp³-hybridized carbons (Fsp3) is 0.407. The summed E-state index contributed by atoms with van der Waals surface area (Å²) in [7, 11) is 2.09. The average molecular weight is 511 g/mol. The summed E-state index contributed by atoms with van der Waals surface area (Å²) >= 11 is 2.72. The fourth-order valence-electron chi connectivity index (χ4n) is 5.76. The van der Waals surface area contributed by atoms with Crippen molar-refractivity contribution in [3.8, 4) is 0 Å². The topological polar surface area (TPSA) is 78.9 Å². The SMILES string of the molecule is CN(CCNC(=O)c1ccccc1)C1C2CCC1C(OC(=O)C(O)(c1cccs1)c1cccs1)C2. The third-order valence-electron chi connectivity index (χ3n) is 7.41. The van der Waals surface area contributed by atoms with Crippen molar-refractivity contribution in [1.29, 1.82) is 0 Å². The normalized spacial score (nSPS) is 23.5. The van der Waals surface area contributed by atoms with Gasteiger partial charge in [-0.05, 0) is 67.3 Å². The molecule has 2 aliphatic rings. The van der Waals surface area contributed by atoms with Crippen LogP contribution in [0.3, 0.4) is 0 Å². The summed E-state index contributed by atoms with van der Waals surface area (Å²) in [6, 6.07) is 16.8. The molecule has 2 fully saturated rings. The molecule has 2 aromatic heterocycles. The van der Waals surface area contributed by atoms with Gasteiger partial charge in [0.15, 0.2) is 0 Å². The number of benzene rings is 1. The monoisotopic (exact) mass is 510 g/mol. The van der Waals surface area contributed by atoms with E-state index >= 15 is 0 Å². The second-order valence-electron chi connectivity index (χ2n) is 9.44. The van der Waals surface area contributed by atoms with Crippen LogP contribution in [0.2, 0.25) is 0 Å². The van der Waals surface area contributed by atoms with Crippen LogP contribution in [-0.4, -0.2) is 54.2 Å². The highest BCUT2D eigenvalue weighted by Crippen LogP contribution is 2.49. The number of rotatable bonds is 9. The molecule has 3 aromatic rings. The van der Waals surface area contributed by atoms with Crippen LogP contribution < -0.4 is 5.32 Å². The van der Waals surface area contributed by atoms with Gasteiger partial charge in [0.05, 0.1) is 9.75 Å². The molecule has 0 aliphatic heterocycles. The molecular weight excluding hydrogens is 480 g/mol. The number of nitrogens with zero attached hydrogens (tertiary/aromatic N) is 1. The molecule has 184 valence electrons. The van der Waals surface area contributed by atoms with Gasteiger partial charge in [-0.25, -0.2) is 4.79 Å². The number of hydrogen-bond donors (Lipinski definition) is 2. The van der Waals surface area contributed by atoms with Crippen LogP contribution in [0.15, 0.2) is 65.4 Å². The van der Waals surface area contributed by atoms with Gasteiger partial charge < -0.3 is 20.1 Å². The van der Waals surface area contributed by atoms with Gasteiger partial charge in [-0.2, -0.15) is 0 Å². The second kappa shape index (κ2) is 10.2. The summed E-state index contributed by atoms with van der Waals surface area (Å²) in [6.07, 6.45) is 2.72. The Bertz CT molecular complexity index is 1100. The Hall–Kier alpha value is -2.52. The number of amides is 1. The first-order valence-electron chi connectivity index (χ1n) is 12.0. The quantitative estimate of drug-likeness (QED) is 0.424. The van der Waals surface area contributed by atoms with E-state index in [-0.39, 0.29) is 17.9 Å². The van der Waals surface area contributed by atoms with E-state index < -0.39 is 11.6 Å². The van der Waals surface area contributed by atoms with Crippen LogP contribution in [0.25, 0.3) is 0 Å². The number of carbonyl (C=O) groups is 2. The zero-order chi connectivity index (χ0) is 24.4. The molecule has 2 bridgehead atoms. The van der Waals surface area contributed by atoms with E-state index in [9.17, 15) is 14.7 Å². The maximum absolute atomic E-state index is 13.4. The van der Waals surface area contributed by atoms with Crippen LogP contribution in [-0.2, 0) is 15.1 Å². The van der Waals surface area contributed by atoms with E-state index in [1.807, 2.05) is 53.2 Å². The lowest BCUT2D eigenvalue weighted by Crippen LogP contribution is -2.43. The van der Waals surface area contributed by atoms with Crippen LogP contribution in [0.1, 0.15) is 39.4 Å². The zero-order valence-electron chi connectivity index (χ0n) is 19.6. The number of thiophene rings is 2. The summed E-state index contributed by atoms with van der Waals surface area (Å²) < 4.78 is 6.07. The molecule has 1 aromatic carbocycles. The van der Waals surface area contributed by atoms with Crippen LogP contribution in [0.5, 0.6) is 0 Å². The predicted octanol–water partition coefficient (Wildman–Crippen LogP) is 4.12. The summed E-state index contributed by atoms with van der Waals surface area (Å²) in [5.74, 6) is 0.0250. The summed E-state index contributed by atoms with van der Waals surface area (Å²) in [6.45, 7) is 1.28. The lowest BCUT2D eigenvalue weighted by atomic mass is 9.96. The molecule has 4 unspecified atom stereocenters. The smallest absolute Gasteiger partial charge is 0.349 e. The number of esters is 1. The first kappa shape index (κ1) is 24.2. The van der Waals surface area contributed by atoms with E-state index in [1.54, 1.807) is 12.1 Å². The van der Waals surface area contributed by atoms with Gasteiger partial charge in [0, 0.05) is 30.6 Å². The fourth-order valence-corrected chi connectivity index (χ4v) is 7.47. The number of carbonyl (C=O) groups excluding carboxylic acids is 2. The number of ether oxygens (including phenoxy) is 1. The van der Waals surface area contributed by atoms with Crippen LogP contribution >= 0.6 is 22.7 Å². The van der Waals surface area contributed by atoms with Crippen molar-refractivity contribution in [2.24, 2.45) is 11.8 Å². The molecule has 8 heteroatoms. The minimum absolute atomic E-state index is 0.0679. The lowest BCUT2D eigenvalue weighted by molar-refractivity contribution is -0.170. The van der Waals surface area contributed by atoms with Crippen molar-refractivity contribution >= 4 is 34.6 Å². The van der Waals surface area contributed by atoms with E-state index in [2.05, 4.69) is 17.3 Å². The van der Waals surface area contributed by atoms with Crippen molar-refractivity contribution in [3.05, 3.63) is 80.7 Å². The third-order valence-corrected chi connectivity index (χ3v) is 9.37. The number of fused-ring (bicyclic) bond motifs is 2. The maximum Gasteiger partial charge on any atom is 0.349 e. The minimum atomic E-state index is -1.77. The predicted molar refractivity (Wildman–Crippen MR) is 138 cm³/mol. The van der Waals surface area contributed by atoms with Gasteiger partial charge in [-0.1, -0.05) is 30.3 Å². The van der Waals surface area contributed by atoms with Crippen LogP contribution in [0.4, 0.5) is 0 Å². The Morgan fingerprint density at radius 2 is 1.74 bits per heavy atom. The van der Waals surface area contributed by atoms with Gasteiger partial charge in [0.1, 0.15) is 6.10 Å². The molecule has 1 amide bonds. The number of likely N-dealkylation sites (N-methyl/N-ethyl adjacent to an activating group) is 1. The third kappa shape index (κ3) is 4.68. The van der Waals surface area contributed by atoms with Gasteiger partial charge in [-0.3, -0.25) is 4.79 Å². The van der Waals surface area contributed by atoms with E-state index in [0.717, 1.165) is 25.8 Å². The highest BCUT2D eigenvalue weighted by atomic mass is 32.1. The van der Waals surface area contributed by atoms with Crippen LogP contribution in [0, 0.1) is 11.8 Å². The molecule has 2 N–H and O–H groups in total. The molecule has 0 spiro atoms. The number of hydrogen-bond acceptors (Lipinski definition) is 7. The van der Waals surface area contributed by atoms with Crippen molar-refractivity contribution in [3.63, 3.8) is 0 Å². The summed E-state index contributed by atoms with van der Waals surface area (Å²) in [4.78, 5) is 29.2. The first-order valence-corrected chi connectivity index (χ1v) is 13.8. The largest absolute Gasteiger partial charge is 0.459 e. The minimum Gasteiger partial charge on any atom is -0.459 e. The Morgan fingerprint density at radius 1 is 1.06 bits per heavy atom. The summed E-state index contributed by atoms with van der Waals surface area (Å²) in [5, 5.41) is 18.3. The molecule has 0 saturated heterocycles. The highest BCUT2D eigenvalue weighted by Gasteiger charge is 2.53. The van der Waals surface area contributed by atoms with Gasteiger partial charge in [0.25, 0.3) is 5.91 Å². The highest BCUT2D eigenvalue weighted by molar-refractivity contribution is 7.12. The first-order chi connectivity index (χ1) is 17.0. The van der Waals surface area contributed by atoms with E-state index in [0.29, 0.717) is 33.8 Å². The Morgan fingerprint density at radius 3 is 2.37 bits per heavy atom. The average Bonchev–Trinajstić information content (AvgIpc) is 3.68. The molecule has 35 heavy (non-hydrogen) atoms. The van der Waals surface area contributed by atoms with Crippen molar-refractivity contribution in [1.82, 2.24) is 10.2 Å². The van der Waals surface area contributed by atoms with Gasteiger partial charge >= 0.3 is 5.97 Å². The van der Waals surface area contributed by atoms with E-state index in [4.69, 9.17) is 4.74 Å². The second-order valence-corrected chi connectivity index (χ2v) is 11.3. The van der Waals surface area contributed by atoms with Gasteiger partial charge in [0.2, 0.25) is 5.60 Å². The van der Waals surface area contributed by atoms with Crippen molar-refractivity contribution < 1.29 is 19.4 Å². The molecule has 6 nitrogen and oxygen atoms in total. The summed E-state index contributed by atoms with van der Waals surface area (Å²) in [5.41, 5.74) is -1.11.